The predicted molar refractivity (Wildman–Crippen MR) is 185 cm³/mol. The number of carbonyl (C=O) groups is 2. The molecular formula is C37H67NO12. The number of Topliss-reactive ketones (excluding diaryl/α,β-unsaturated/α-hetero) is 1. The standard InChI is InChI=1S/C37H67NO12/c1-14-26-37(10,45)30(41)22(6)28(39)18(2)16-35(8,44)32(50-34-29(40)24(38(11)12)15-19(3)47-34)20(4)27(21(5)33(43)49-26)25-17-36(9,46-13)31(42)23(7)48-25/h18-27,29-32,34,40-42,44-45H,14-17H2,1-13H3/t18-,19-,20+,21-,22+,23+,24+,25?,26-,27+,29-,30-,31+,32-,34+,35-,36-,37-/m1/s1. The molecule has 1 unspecified atom stereocenters. The Balaban J connectivity index is 2.24. The number of cyclic esters (lactones) is 1. The highest BCUT2D eigenvalue weighted by Crippen LogP contribution is 2.45. The molecule has 292 valence electrons. The molecule has 3 saturated heterocycles. The second kappa shape index (κ2) is 16.4. The van der Waals surface area contributed by atoms with Crippen molar-refractivity contribution in [3.63, 3.8) is 0 Å². The third-order valence-corrected chi connectivity index (χ3v) is 12.2. The van der Waals surface area contributed by atoms with E-state index in [0.717, 1.165) is 0 Å². The van der Waals surface area contributed by atoms with Gasteiger partial charge in [0.1, 0.15) is 29.7 Å². The summed E-state index contributed by atoms with van der Waals surface area (Å²) in [6.45, 7) is 16.7. The molecule has 0 bridgehead atoms. The molecule has 18 atom stereocenters. The van der Waals surface area contributed by atoms with Crippen molar-refractivity contribution in [2.24, 2.45) is 29.6 Å². The number of aliphatic hydroxyl groups is 5. The first-order valence-corrected chi connectivity index (χ1v) is 18.4. The van der Waals surface area contributed by atoms with Crippen LogP contribution in [0.5, 0.6) is 0 Å². The minimum absolute atomic E-state index is 0.102. The summed E-state index contributed by atoms with van der Waals surface area (Å²) < 4.78 is 31.1. The van der Waals surface area contributed by atoms with E-state index >= 15 is 0 Å². The van der Waals surface area contributed by atoms with Gasteiger partial charge in [0.05, 0.1) is 47.6 Å². The monoisotopic (exact) mass is 717 g/mol. The van der Waals surface area contributed by atoms with E-state index in [2.05, 4.69) is 0 Å². The fraction of sp³-hybridized carbons (Fsp3) is 0.946. The third kappa shape index (κ3) is 8.75. The van der Waals surface area contributed by atoms with Crippen LogP contribution < -0.4 is 0 Å². The molecule has 13 heteroatoms. The Kier molecular flexibility index (Phi) is 14.2. The van der Waals surface area contributed by atoms with E-state index in [-0.39, 0.29) is 31.4 Å². The van der Waals surface area contributed by atoms with Gasteiger partial charge in [0, 0.05) is 37.3 Å². The molecule has 0 radical (unpaired) electrons. The summed E-state index contributed by atoms with van der Waals surface area (Å²) in [5, 5.41) is 58.0. The molecule has 3 heterocycles. The molecule has 13 nitrogen and oxygen atoms in total. The molecule has 3 rings (SSSR count). The Labute approximate surface area is 298 Å². The topological polar surface area (TPSA) is 185 Å². The van der Waals surface area contributed by atoms with Crippen LogP contribution in [0.2, 0.25) is 0 Å². The van der Waals surface area contributed by atoms with Crippen molar-refractivity contribution in [2.75, 3.05) is 21.2 Å². The van der Waals surface area contributed by atoms with E-state index in [1.165, 1.54) is 21.0 Å². The number of ketones is 1. The summed E-state index contributed by atoms with van der Waals surface area (Å²) in [5.74, 6) is -5.31. The van der Waals surface area contributed by atoms with E-state index in [1.807, 2.05) is 32.8 Å². The molecule has 0 aliphatic carbocycles. The van der Waals surface area contributed by atoms with Crippen LogP contribution in [-0.4, -0.2) is 141 Å². The Morgan fingerprint density at radius 3 is 2.04 bits per heavy atom. The van der Waals surface area contributed by atoms with Gasteiger partial charge in [-0.05, 0) is 73.9 Å². The van der Waals surface area contributed by atoms with Crippen LogP contribution in [0.3, 0.4) is 0 Å². The van der Waals surface area contributed by atoms with Crippen LogP contribution in [0.1, 0.15) is 94.9 Å². The van der Waals surface area contributed by atoms with Crippen LogP contribution in [-0.2, 0) is 33.3 Å². The molecule has 50 heavy (non-hydrogen) atoms. The Morgan fingerprint density at radius 1 is 0.900 bits per heavy atom. The average molecular weight is 718 g/mol. The highest BCUT2D eigenvalue weighted by atomic mass is 16.7. The Morgan fingerprint density at radius 2 is 1.50 bits per heavy atom. The van der Waals surface area contributed by atoms with Gasteiger partial charge in [-0.1, -0.05) is 34.6 Å². The molecule has 3 fully saturated rings. The number of likely N-dealkylation sites (N-methyl/N-ethyl adjacent to an activating group) is 1. The SMILES string of the molecule is CC[C@H]1OC(=O)[C@H](C)[C@@H](C2C[C@@](C)(OC)[C@@H](O)[C@H](C)O2)[C@H](C)[C@@H](O[C@@H]2O[C@H](C)C[C@H](N(C)C)[C@H]2O)[C@](C)(O)C[C@@H](C)C(=O)[C@H](C)[C@@H](O)[C@]1(C)O. The summed E-state index contributed by atoms with van der Waals surface area (Å²) in [6, 6.07) is -0.305. The Hall–Kier alpha value is -1.26. The van der Waals surface area contributed by atoms with Gasteiger partial charge in [0.15, 0.2) is 6.29 Å². The lowest BCUT2D eigenvalue weighted by Gasteiger charge is -2.51. The number of methoxy groups -OCH3 is 1. The van der Waals surface area contributed by atoms with Crippen LogP contribution in [0, 0.1) is 29.6 Å². The number of hydrogen-bond donors (Lipinski definition) is 5. The number of hydrogen-bond acceptors (Lipinski definition) is 13. The third-order valence-electron chi connectivity index (χ3n) is 12.2. The second-order valence-electron chi connectivity index (χ2n) is 16.6. The number of nitrogens with zero attached hydrogens (tertiary/aromatic N) is 1. The van der Waals surface area contributed by atoms with E-state index in [1.54, 1.807) is 41.5 Å². The van der Waals surface area contributed by atoms with Gasteiger partial charge in [-0.2, -0.15) is 0 Å². The molecule has 0 aromatic rings. The maximum absolute atomic E-state index is 14.2. The summed E-state index contributed by atoms with van der Waals surface area (Å²) in [7, 11) is 5.23. The number of rotatable bonds is 6. The molecular weight excluding hydrogens is 650 g/mol. The summed E-state index contributed by atoms with van der Waals surface area (Å²) in [4.78, 5) is 29.9. The molecule has 0 aromatic heterocycles. The summed E-state index contributed by atoms with van der Waals surface area (Å²) in [5.41, 5.74) is -4.76. The molecule has 3 aliphatic rings. The van der Waals surface area contributed by atoms with Crippen LogP contribution in [0.25, 0.3) is 0 Å². The van der Waals surface area contributed by atoms with Crippen molar-refractivity contribution >= 4 is 11.8 Å². The Bertz CT molecular complexity index is 1150. The maximum Gasteiger partial charge on any atom is 0.309 e. The molecule has 0 aromatic carbocycles. The fourth-order valence-corrected chi connectivity index (χ4v) is 8.96. The van der Waals surface area contributed by atoms with Crippen molar-refractivity contribution < 1.29 is 58.8 Å². The largest absolute Gasteiger partial charge is 0.459 e. The van der Waals surface area contributed by atoms with Gasteiger partial charge in [-0.25, -0.2) is 0 Å². The summed E-state index contributed by atoms with van der Waals surface area (Å²) >= 11 is 0. The quantitative estimate of drug-likeness (QED) is 0.252. The minimum Gasteiger partial charge on any atom is -0.459 e. The van der Waals surface area contributed by atoms with Gasteiger partial charge in [-0.3, -0.25) is 9.59 Å². The summed E-state index contributed by atoms with van der Waals surface area (Å²) in [6.07, 6.45) is -7.98. The first kappa shape index (κ1) is 43.1. The second-order valence-corrected chi connectivity index (χ2v) is 16.6. The molecule has 5 N–H and O–H groups in total. The molecule has 0 spiro atoms. The number of aliphatic hydroxyl groups excluding tert-OH is 3. The zero-order valence-electron chi connectivity index (χ0n) is 32.5. The lowest BCUT2D eigenvalue weighted by Crippen LogP contribution is -2.62. The van der Waals surface area contributed by atoms with Gasteiger partial charge in [0.2, 0.25) is 0 Å². The van der Waals surface area contributed by atoms with E-state index in [0.29, 0.717) is 6.42 Å². The smallest absolute Gasteiger partial charge is 0.309 e. The predicted octanol–water partition coefficient (Wildman–Crippen LogP) is 2.06. The lowest BCUT2D eigenvalue weighted by molar-refractivity contribution is -0.302. The first-order valence-electron chi connectivity index (χ1n) is 18.4. The first-order chi connectivity index (χ1) is 22.9. The van der Waals surface area contributed by atoms with Gasteiger partial charge in [-0.15, -0.1) is 0 Å². The van der Waals surface area contributed by atoms with Crippen molar-refractivity contribution in [2.45, 2.75) is 173 Å². The number of carbonyl (C=O) groups excluding carboxylic acids is 2. The van der Waals surface area contributed by atoms with Crippen LogP contribution >= 0.6 is 0 Å². The van der Waals surface area contributed by atoms with Gasteiger partial charge in [0.25, 0.3) is 0 Å². The van der Waals surface area contributed by atoms with Crippen molar-refractivity contribution in [3.05, 3.63) is 0 Å². The highest BCUT2D eigenvalue weighted by molar-refractivity contribution is 5.83. The van der Waals surface area contributed by atoms with Crippen molar-refractivity contribution in [3.8, 4) is 0 Å². The average Bonchev–Trinajstić information content (AvgIpc) is 3.03. The molecule has 0 amide bonds. The number of ether oxygens (including phenoxy) is 5. The van der Waals surface area contributed by atoms with Crippen molar-refractivity contribution in [1.29, 1.82) is 0 Å². The fourth-order valence-electron chi connectivity index (χ4n) is 8.96. The molecule has 3 aliphatic heterocycles. The maximum atomic E-state index is 14.2. The van der Waals surface area contributed by atoms with Gasteiger partial charge < -0.3 is 54.1 Å². The lowest BCUT2D eigenvalue weighted by atomic mass is 9.67. The highest BCUT2D eigenvalue weighted by Gasteiger charge is 2.55. The minimum atomic E-state index is -1.97. The van der Waals surface area contributed by atoms with E-state index in [9.17, 15) is 35.1 Å². The zero-order valence-corrected chi connectivity index (χ0v) is 32.5. The molecule has 0 saturated carbocycles. The van der Waals surface area contributed by atoms with E-state index in [4.69, 9.17) is 23.7 Å². The van der Waals surface area contributed by atoms with Gasteiger partial charge >= 0.3 is 5.97 Å². The van der Waals surface area contributed by atoms with Crippen molar-refractivity contribution in [1.82, 2.24) is 4.90 Å². The van der Waals surface area contributed by atoms with E-state index < -0.39 is 107 Å². The number of esters is 1. The normalized spacial score (nSPS) is 50.5. The zero-order chi connectivity index (χ0) is 38.3. The van der Waals surface area contributed by atoms with Crippen LogP contribution in [0.15, 0.2) is 0 Å². The van der Waals surface area contributed by atoms with Crippen LogP contribution in [0.4, 0.5) is 0 Å².